The van der Waals surface area contributed by atoms with Crippen molar-refractivity contribution in [3.05, 3.63) is 59.4 Å². The summed E-state index contributed by atoms with van der Waals surface area (Å²) in [5.41, 5.74) is -0.402. The maximum atomic E-state index is 14.1. The summed E-state index contributed by atoms with van der Waals surface area (Å²) < 4.78 is 24.9. The summed E-state index contributed by atoms with van der Waals surface area (Å²) in [4.78, 5) is 43.1. The van der Waals surface area contributed by atoms with Gasteiger partial charge in [0.15, 0.2) is 17.1 Å². The van der Waals surface area contributed by atoms with Crippen LogP contribution in [0.25, 0.3) is 11.0 Å². The topological polar surface area (TPSA) is 114 Å². The molecule has 0 spiro atoms. The molecule has 1 unspecified atom stereocenters. The molecule has 3 aromatic rings. The number of nitrogens with zero attached hydrogens (tertiary/aromatic N) is 2. The van der Waals surface area contributed by atoms with Gasteiger partial charge in [-0.1, -0.05) is 0 Å². The van der Waals surface area contributed by atoms with Crippen LogP contribution in [-0.2, 0) is 16.9 Å². The second kappa shape index (κ2) is 6.28. The van der Waals surface area contributed by atoms with E-state index in [1.54, 1.807) is 18.3 Å². The number of carbonyl (C=O) groups is 3. The van der Waals surface area contributed by atoms with Crippen LogP contribution in [0, 0.1) is 5.82 Å². The number of amides is 4. The lowest BCUT2D eigenvalue weighted by atomic mass is 9.95. The van der Waals surface area contributed by atoms with Gasteiger partial charge in [-0.05, 0) is 29.8 Å². The van der Waals surface area contributed by atoms with Gasteiger partial charge in [-0.25, -0.2) is 9.18 Å². The van der Waals surface area contributed by atoms with Crippen molar-refractivity contribution in [2.75, 3.05) is 13.7 Å². The third-order valence-electron chi connectivity index (χ3n) is 5.36. The standard InChI is InChI=1S/C20H15FN4O5/c1-29-15-6-12-11(4-13(15)21)8-25(17(12)26)9-20(18(27)23-19(28)24-20)16-5-10-7-22-3-2-14(10)30-16/h2-7H,8-9H2,1H3,(H2,23,24,27,28). The smallest absolute Gasteiger partial charge is 0.322 e. The first-order valence-electron chi connectivity index (χ1n) is 9.04. The van der Waals surface area contributed by atoms with E-state index < -0.39 is 29.2 Å². The normalized spacial score (nSPS) is 20.5. The highest BCUT2D eigenvalue weighted by Gasteiger charge is 2.53. The van der Waals surface area contributed by atoms with Gasteiger partial charge < -0.3 is 19.4 Å². The van der Waals surface area contributed by atoms with Gasteiger partial charge in [-0.15, -0.1) is 0 Å². The highest BCUT2D eigenvalue weighted by Crippen LogP contribution is 2.35. The summed E-state index contributed by atoms with van der Waals surface area (Å²) in [6, 6.07) is 5.10. The molecule has 0 saturated carbocycles. The fourth-order valence-corrected chi connectivity index (χ4v) is 3.89. The lowest BCUT2D eigenvalue weighted by molar-refractivity contribution is -0.125. The molecule has 5 rings (SSSR count). The Morgan fingerprint density at radius 3 is 2.83 bits per heavy atom. The number of aromatic nitrogens is 1. The summed E-state index contributed by atoms with van der Waals surface area (Å²) in [6.45, 7) is -0.128. The molecule has 1 atom stereocenters. The van der Waals surface area contributed by atoms with Gasteiger partial charge in [-0.2, -0.15) is 0 Å². The maximum absolute atomic E-state index is 14.1. The Labute approximate surface area is 168 Å². The van der Waals surface area contributed by atoms with E-state index >= 15 is 0 Å². The van der Waals surface area contributed by atoms with Crippen LogP contribution < -0.4 is 15.4 Å². The number of ether oxygens (including phenoxy) is 1. The van der Waals surface area contributed by atoms with Crippen molar-refractivity contribution in [1.29, 1.82) is 0 Å². The average molecular weight is 410 g/mol. The zero-order valence-electron chi connectivity index (χ0n) is 15.7. The van der Waals surface area contributed by atoms with Crippen LogP contribution in [0.3, 0.4) is 0 Å². The minimum atomic E-state index is -1.63. The summed E-state index contributed by atoms with van der Waals surface area (Å²) in [6.07, 6.45) is 3.11. The molecule has 2 N–H and O–H groups in total. The zero-order chi connectivity index (χ0) is 21.0. The van der Waals surface area contributed by atoms with E-state index in [0.717, 1.165) is 0 Å². The first kappa shape index (κ1) is 18.1. The minimum Gasteiger partial charge on any atom is -0.494 e. The number of halogens is 1. The van der Waals surface area contributed by atoms with E-state index in [1.807, 2.05) is 0 Å². The van der Waals surface area contributed by atoms with Crippen molar-refractivity contribution in [3.8, 4) is 5.75 Å². The minimum absolute atomic E-state index is 0.0460. The Balaban J connectivity index is 1.55. The number of benzene rings is 1. The van der Waals surface area contributed by atoms with Gasteiger partial charge in [-0.3, -0.25) is 19.9 Å². The molecule has 2 aliphatic rings. The van der Waals surface area contributed by atoms with Gasteiger partial charge in [0, 0.05) is 29.9 Å². The van der Waals surface area contributed by atoms with E-state index in [9.17, 15) is 18.8 Å². The van der Waals surface area contributed by atoms with Crippen LogP contribution in [0.1, 0.15) is 21.7 Å². The van der Waals surface area contributed by atoms with Crippen molar-refractivity contribution in [3.63, 3.8) is 0 Å². The lowest BCUT2D eigenvalue weighted by Gasteiger charge is -2.29. The monoisotopic (exact) mass is 410 g/mol. The molecule has 1 fully saturated rings. The molecular weight excluding hydrogens is 395 g/mol. The summed E-state index contributed by atoms with van der Waals surface area (Å²) in [5.74, 6) is -1.52. The Bertz CT molecular complexity index is 1210. The molecule has 30 heavy (non-hydrogen) atoms. The van der Waals surface area contributed by atoms with E-state index in [1.165, 1.54) is 30.3 Å². The van der Waals surface area contributed by atoms with E-state index in [0.29, 0.717) is 16.5 Å². The molecule has 0 bridgehead atoms. The van der Waals surface area contributed by atoms with Crippen molar-refractivity contribution >= 4 is 28.8 Å². The van der Waals surface area contributed by atoms with Gasteiger partial charge in [0.05, 0.1) is 13.7 Å². The molecule has 10 heteroatoms. The molecule has 1 saturated heterocycles. The van der Waals surface area contributed by atoms with Crippen molar-refractivity contribution in [2.45, 2.75) is 12.1 Å². The predicted octanol–water partition coefficient (Wildman–Crippen LogP) is 1.67. The van der Waals surface area contributed by atoms with Gasteiger partial charge in [0.1, 0.15) is 11.3 Å². The Kier molecular flexibility index (Phi) is 3.79. The van der Waals surface area contributed by atoms with Gasteiger partial charge in [0.25, 0.3) is 11.8 Å². The maximum Gasteiger partial charge on any atom is 0.322 e. The number of hydrogen-bond acceptors (Lipinski definition) is 6. The van der Waals surface area contributed by atoms with E-state index in [2.05, 4.69) is 15.6 Å². The number of hydrogen-bond donors (Lipinski definition) is 2. The van der Waals surface area contributed by atoms with Crippen LogP contribution in [0.2, 0.25) is 0 Å². The van der Waals surface area contributed by atoms with Crippen molar-refractivity contribution in [1.82, 2.24) is 20.5 Å². The van der Waals surface area contributed by atoms with E-state index in [4.69, 9.17) is 9.15 Å². The molecule has 4 heterocycles. The number of pyridine rings is 1. The third-order valence-corrected chi connectivity index (χ3v) is 5.36. The van der Waals surface area contributed by atoms with Crippen molar-refractivity contribution in [2.24, 2.45) is 0 Å². The molecule has 2 aromatic heterocycles. The fourth-order valence-electron chi connectivity index (χ4n) is 3.89. The number of furan rings is 1. The molecule has 2 aliphatic heterocycles. The first-order chi connectivity index (χ1) is 14.4. The zero-order valence-corrected chi connectivity index (χ0v) is 15.7. The summed E-state index contributed by atoms with van der Waals surface area (Å²) >= 11 is 0. The van der Waals surface area contributed by atoms with E-state index in [-0.39, 0.29) is 30.2 Å². The number of methoxy groups -OCH3 is 1. The van der Waals surface area contributed by atoms with Gasteiger partial charge in [0.2, 0.25) is 0 Å². The molecule has 1 aromatic carbocycles. The molecule has 9 nitrogen and oxygen atoms in total. The van der Waals surface area contributed by atoms with Crippen molar-refractivity contribution < 1.29 is 27.9 Å². The highest BCUT2D eigenvalue weighted by atomic mass is 19.1. The molecular formula is C20H15FN4O5. The third kappa shape index (κ3) is 2.53. The number of nitrogens with one attached hydrogen (secondary N) is 2. The molecule has 0 radical (unpaired) electrons. The number of imide groups is 1. The van der Waals surface area contributed by atoms with Crippen LogP contribution in [0.15, 0.2) is 41.1 Å². The average Bonchev–Trinajstić information content (AvgIpc) is 3.36. The number of rotatable bonds is 4. The van der Waals surface area contributed by atoms with Gasteiger partial charge >= 0.3 is 6.03 Å². The Hall–Kier alpha value is -3.95. The van der Waals surface area contributed by atoms with Crippen LogP contribution in [0.5, 0.6) is 5.75 Å². The Morgan fingerprint density at radius 2 is 2.13 bits per heavy atom. The number of urea groups is 1. The SMILES string of the molecule is COc1cc2c(cc1F)CN(CC1(c3cc4cnccc4o3)NC(=O)NC1=O)C2=O. The molecule has 0 aliphatic carbocycles. The number of carbonyl (C=O) groups excluding carboxylic acids is 3. The second-order valence-electron chi connectivity index (χ2n) is 7.14. The summed E-state index contributed by atoms with van der Waals surface area (Å²) in [5, 5.41) is 5.44. The van der Waals surface area contributed by atoms with Crippen LogP contribution in [0.4, 0.5) is 9.18 Å². The summed E-state index contributed by atoms with van der Waals surface area (Å²) in [7, 11) is 1.31. The van der Waals surface area contributed by atoms with Crippen LogP contribution in [-0.4, -0.2) is 41.4 Å². The molecule has 4 amide bonds. The quantitative estimate of drug-likeness (QED) is 0.633. The highest BCUT2D eigenvalue weighted by molar-refractivity contribution is 6.08. The lowest BCUT2D eigenvalue weighted by Crippen LogP contribution is -2.52. The number of fused-ring (bicyclic) bond motifs is 2. The first-order valence-corrected chi connectivity index (χ1v) is 9.04. The predicted molar refractivity (Wildman–Crippen MR) is 100 cm³/mol. The second-order valence-corrected chi connectivity index (χ2v) is 7.14. The fraction of sp³-hybridized carbons (Fsp3) is 0.200. The Morgan fingerprint density at radius 1 is 1.30 bits per heavy atom. The van der Waals surface area contributed by atoms with Crippen LogP contribution >= 0.6 is 0 Å². The molecule has 152 valence electrons. The largest absolute Gasteiger partial charge is 0.494 e.